The van der Waals surface area contributed by atoms with Crippen molar-refractivity contribution in [2.75, 3.05) is 7.11 Å². The Morgan fingerprint density at radius 2 is 1.69 bits per heavy atom. The molecule has 29 heavy (non-hydrogen) atoms. The molecule has 0 bridgehead atoms. The summed E-state index contributed by atoms with van der Waals surface area (Å²) in [5.74, 6) is 0.471. The first kappa shape index (κ1) is 21.3. The summed E-state index contributed by atoms with van der Waals surface area (Å²) in [6, 6.07) is 17.5. The number of rotatable bonds is 6. The molecule has 0 heterocycles. The molecule has 0 N–H and O–H groups in total. The SMILES string of the molecule is COc1cc(C=Nc2ccc(C)c(C)c2)cc(I)c1OS(=O)(=O)c1ccccc1. The van der Waals surface area contributed by atoms with Crippen molar-refractivity contribution in [3.05, 3.63) is 80.9 Å². The number of aliphatic imine (C=N–C) groups is 1. The molecule has 3 rings (SSSR count). The summed E-state index contributed by atoms with van der Waals surface area (Å²) in [5, 5.41) is 0. The topological polar surface area (TPSA) is 65.0 Å². The molecule has 3 aromatic rings. The lowest BCUT2D eigenvalue weighted by atomic mass is 10.1. The smallest absolute Gasteiger partial charge is 0.339 e. The minimum Gasteiger partial charge on any atom is -0.493 e. The second-order valence-corrected chi connectivity index (χ2v) is 9.12. The maximum Gasteiger partial charge on any atom is 0.339 e. The minimum atomic E-state index is -3.96. The zero-order valence-electron chi connectivity index (χ0n) is 16.2. The molecule has 150 valence electrons. The second kappa shape index (κ2) is 8.96. The molecular formula is C22H20INO4S. The average Bonchev–Trinajstić information content (AvgIpc) is 2.71. The summed E-state index contributed by atoms with van der Waals surface area (Å²) in [7, 11) is -2.49. The Balaban J connectivity index is 1.91. The summed E-state index contributed by atoms with van der Waals surface area (Å²) in [4.78, 5) is 4.59. The molecule has 0 spiro atoms. The first-order valence-electron chi connectivity index (χ1n) is 8.78. The fraction of sp³-hybridized carbons (Fsp3) is 0.136. The van der Waals surface area contributed by atoms with Crippen LogP contribution in [0.3, 0.4) is 0 Å². The van der Waals surface area contributed by atoms with Crippen molar-refractivity contribution in [1.82, 2.24) is 0 Å². The lowest BCUT2D eigenvalue weighted by Crippen LogP contribution is -2.11. The molecule has 7 heteroatoms. The zero-order chi connectivity index (χ0) is 21.0. The minimum absolute atomic E-state index is 0.0817. The van der Waals surface area contributed by atoms with E-state index in [0.29, 0.717) is 9.32 Å². The highest BCUT2D eigenvalue weighted by Gasteiger charge is 2.21. The number of ether oxygens (including phenoxy) is 1. The summed E-state index contributed by atoms with van der Waals surface area (Å²) in [5.41, 5.74) is 3.99. The van der Waals surface area contributed by atoms with Crippen molar-refractivity contribution in [1.29, 1.82) is 0 Å². The Bertz CT molecular complexity index is 1160. The van der Waals surface area contributed by atoms with Crippen LogP contribution in [0.1, 0.15) is 16.7 Å². The van der Waals surface area contributed by atoms with Crippen molar-refractivity contribution >= 4 is 44.6 Å². The maximum atomic E-state index is 12.6. The predicted octanol–water partition coefficient (Wildman–Crippen LogP) is 5.43. The van der Waals surface area contributed by atoms with Gasteiger partial charge in [0.25, 0.3) is 0 Å². The molecule has 0 fully saturated rings. The van der Waals surface area contributed by atoms with Crippen LogP contribution in [0.5, 0.6) is 11.5 Å². The van der Waals surface area contributed by atoms with Gasteiger partial charge in [-0.2, -0.15) is 8.42 Å². The van der Waals surface area contributed by atoms with Gasteiger partial charge in [0.2, 0.25) is 0 Å². The Hall–Kier alpha value is -2.39. The monoisotopic (exact) mass is 521 g/mol. The van der Waals surface area contributed by atoms with E-state index >= 15 is 0 Å². The first-order valence-corrected chi connectivity index (χ1v) is 11.3. The number of nitrogens with zero attached hydrogens (tertiary/aromatic N) is 1. The highest BCUT2D eigenvalue weighted by molar-refractivity contribution is 14.1. The van der Waals surface area contributed by atoms with E-state index in [9.17, 15) is 8.42 Å². The summed E-state index contributed by atoms with van der Waals surface area (Å²) in [6.07, 6.45) is 1.71. The Morgan fingerprint density at radius 1 is 0.966 bits per heavy atom. The van der Waals surface area contributed by atoms with Gasteiger partial charge in [0.1, 0.15) is 4.90 Å². The number of benzene rings is 3. The van der Waals surface area contributed by atoms with E-state index < -0.39 is 10.1 Å². The number of hydrogen-bond acceptors (Lipinski definition) is 5. The average molecular weight is 521 g/mol. The van der Waals surface area contributed by atoms with Gasteiger partial charge >= 0.3 is 10.1 Å². The Morgan fingerprint density at radius 3 is 2.34 bits per heavy atom. The van der Waals surface area contributed by atoms with Gasteiger partial charge in [0.05, 0.1) is 16.4 Å². The zero-order valence-corrected chi connectivity index (χ0v) is 19.2. The van der Waals surface area contributed by atoms with Crippen LogP contribution >= 0.6 is 22.6 Å². The van der Waals surface area contributed by atoms with Gasteiger partial charge in [0, 0.05) is 6.21 Å². The Kier molecular flexibility index (Phi) is 6.59. The molecule has 0 saturated heterocycles. The fourth-order valence-corrected chi connectivity index (χ4v) is 4.46. The van der Waals surface area contributed by atoms with Gasteiger partial charge < -0.3 is 8.92 Å². The van der Waals surface area contributed by atoms with Crippen LogP contribution in [0.4, 0.5) is 5.69 Å². The van der Waals surface area contributed by atoms with Crippen molar-refractivity contribution in [2.24, 2.45) is 4.99 Å². The Labute approximate surface area is 184 Å². The maximum absolute atomic E-state index is 12.6. The number of halogens is 1. The number of methoxy groups -OCH3 is 1. The summed E-state index contributed by atoms with van der Waals surface area (Å²) >= 11 is 2.03. The largest absolute Gasteiger partial charge is 0.493 e. The standard InChI is InChI=1S/C22H20INO4S/c1-15-9-10-18(11-16(15)2)24-14-17-12-20(23)22(21(13-17)27-3)28-29(25,26)19-7-5-4-6-8-19/h4-14H,1-3H3. The van der Waals surface area contributed by atoms with Crippen LogP contribution in [-0.4, -0.2) is 21.7 Å². The molecular weight excluding hydrogens is 501 g/mol. The molecule has 3 aromatic carbocycles. The van der Waals surface area contributed by atoms with Gasteiger partial charge in [0.15, 0.2) is 11.5 Å². The fourth-order valence-electron chi connectivity index (χ4n) is 2.60. The molecule has 0 aromatic heterocycles. The van der Waals surface area contributed by atoms with E-state index in [1.807, 2.05) is 47.7 Å². The molecule has 0 radical (unpaired) electrons. The van der Waals surface area contributed by atoms with E-state index in [2.05, 4.69) is 11.9 Å². The van der Waals surface area contributed by atoms with Gasteiger partial charge in [-0.05, 0) is 89.5 Å². The van der Waals surface area contributed by atoms with Gasteiger partial charge in [-0.3, -0.25) is 4.99 Å². The van der Waals surface area contributed by atoms with Crippen molar-refractivity contribution in [3.8, 4) is 11.5 Å². The van der Waals surface area contributed by atoms with Crippen molar-refractivity contribution < 1.29 is 17.3 Å². The van der Waals surface area contributed by atoms with Crippen LogP contribution in [0.15, 0.2) is 70.6 Å². The van der Waals surface area contributed by atoms with Gasteiger partial charge in [-0.25, -0.2) is 0 Å². The summed E-state index contributed by atoms with van der Waals surface area (Å²) in [6.45, 7) is 4.10. The van der Waals surface area contributed by atoms with E-state index in [-0.39, 0.29) is 10.6 Å². The molecule has 0 aliphatic rings. The first-order chi connectivity index (χ1) is 13.8. The number of aryl methyl sites for hydroxylation is 2. The van der Waals surface area contributed by atoms with Crippen LogP contribution in [0.2, 0.25) is 0 Å². The second-order valence-electron chi connectivity index (χ2n) is 6.41. The molecule has 0 saturated carbocycles. The third-order valence-electron chi connectivity index (χ3n) is 4.33. The van der Waals surface area contributed by atoms with Crippen LogP contribution < -0.4 is 8.92 Å². The summed E-state index contributed by atoms with van der Waals surface area (Å²) < 4.78 is 36.5. The molecule has 0 aliphatic carbocycles. The molecule has 0 aliphatic heterocycles. The van der Waals surface area contributed by atoms with Gasteiger partial charge in [-0.15, -0.1) is 0 Å². The van der Waals surface area contributed by atoms with Crippen LogP contribution in [0.25, 0.3) is 0 Å². The van der Waals surface area contributed by atoms with Crippen molar-refractivity contribution in [2.45, 2.75) is 18.7 Å². The van der Waals surface area contributed by atoms with Crippen LogP contribution in [-0.2, 0) is 10.1 Å². The quantitative estimate of drug-likeness (QED) is 0.247. The normalized spacial score (nSPS) is 11.6. The van der Waals surface area contributed by atoms with Crippen LogP contribution in [0, 0.1) is 17.4 Å². The van der Waals surface area contributed by atoms with Gasteiger partial charge in [-0.1, -0.05) is 24.3 Å². The molecule has 0 amide bonds. The van der Waals surface area contributed by atoms with E-state index in [1.165, 1.54) is 30.4 Å². The highest BCUT2D eigenvalue weighted by atomic mass is 127. The molecule has 0 atom stereocenters. The van der Waals surface area contributed by atoms with Crippen molar-refractivity contribution in [3.63, 3.8) is 0 Å². The van der Waals surface area contributed by atoms with E-state index in [1.54, 1.807) is 36.5 Å². The lowest BCUT2D eigenvalue weighted by Gasteiger charge is -2.13. The predicted molar refractivity (Wildman–Crippen MR) is 123 cm³/mol. The third kappa shape index (κ3) is 5.16. The molecule has 0 unspecified atom stereocenters. The lowest BCUT2D eigenvalue weighted by molar-refractivity contribution is 0.389. The van der Waals surface area contributed by atoms with E-state index in [4.69, 9.17) is 8.92 Å². The van der Waals surface area contributed by atoms with E-state index in [0.717, 1.165) is 11.3 Å². The third-order valence-corrected chi connectivity index (χ3v) is 6.37. The highest BCUT2D eigenvalue weighted by Crippen LogP contribution is 2.35. The molecule has 5 nitrogen and oxygen atoms in total. The number of hydrogen-bond donors (Lipinski definition) is 0.